The third-order valence-corrected chi connectivity index (χ3v) is 4.30. The highest BCUT2D eigenvalue weighted by atomic mass is 79.9. The largest absolute Gasteiger partial charge is 0.306 e. The van der Waals surface area contributed by atoms with E-state index in [1.54, 1.807) is 0 Å². The van der Waals surface area contributed by atoms with Gasteiger partial charge in [0.05, 0.1) is 0 Å². The van der Waals surface area contributed by atoms with E-state index in [1.807, 2.05) is 18.2 Å². The van der Waals surface area contributed by atoms with Crippen LogP contribution in [-0.4, -0.2) is 31.3 Å². The molecule has 0 bridgehead atoms. The predicted octanol–water partition coefficient (Wildman–Crippen LogP) is 3.07. The van der Waals surface area contributed by atoms with Crippen molar-refractivity contribution in [2.45, 2.75) is 18.8 Å². The Morgan fingerprint density at radius 2 is 2.24 bits per heavy atom. The van der Waals surface area contributed by atoms with Gasteiger partial charge in [-0.3, -0.25) is 0 Å². The Labute approximate surface area is 111 Å². The number of rotatable bonds is 3. The maximum absolute atomic E-state index is 11.4. The summed E-state index contributed by atoms with van der Waals surface area (Å²) in [5.41, 5.74) is 1.13. The number of halogens is 1. The zero-order valence-electron chi connectivity index (χ0n) is 10.1. The minimum absolute atomic E-state index is 0.0216. The minimum atomic E-state index is 0.0216. The SMILES string of the molecule is CN1CCCC(C(C=O)c2ccccc2Br)C1. The minimum Gasteiger partial charge on any atom is -0.306 e. The molecule has 1 aliphatic heterocycles. The number of piperidine rings is 1. The monoisotopic (exact) mass is 295 g/mol. The highest BCUT2D eigenvalue weighted by molar-refractivity contribution is 9.10. The van der Waals surface area contributed by atoms with Gasteiger partial charge in [-0.2, -0.15) is 0 Å². The van der Waals surface area contributed by atoms with E-state index in [0.717, 1.165) is 35.8 Å². The van der Waals surface area contributed by atoms with Crippen LogP contribution in [0.25, 0.3) is 0 Å². The van der Waals surface area contributed by atoms with Crippen LogP contribution in [0.4, 0.5) is 0 Å². The second-order valence-corrected chi connectivity index (χ2v) is 5.70. The first-order valence-electron chi connectivity index (χ1n) is 6.10. The van der Waals surface area contributed by atoms with Gasteiger partial charge in [-0.15, -0.1) is 0 Å². The maximum atomic E-state index is 11.4. The molecular weight excluding hydrogens is 278 g/mol. The Hall–Kier alpha value is -0.670. The molecule has 0 radical (unpaired) electrons. The van der Waals surface area contributed by atoms with Crippen LogP contribution in [0, 0.1) is 5.92 Å². The summed E-state index contributed by atoms with van der Waals surface area (Å²) in [5, 5.41) is 0. The van der Waals surface area contributed by atoms with Crippen molar-refractivity contribution in [1.82, 2.24) is 4.90 Å². The first-order chi connectivity index (χ1) is 8.22. The molecule has 1 aromatic carbocycles. The highest BCUT2D eigenvalue weighted by Gasteiger charge is 2.27. The van der Waals surface area contributed by atoms with Crippen molar-refractivity contribution < 1.29 is 4.79 Å². The lowest BCUT2D eigenvalue weighted by molar-refractivity contribution is -0.110. The zero-order chi connectivity index (χ0) is 12.3. The molecule has 1 aliphatic rings. The molecule has 17 heavy (non-hydrogen) atoms. The zero-order valence-corrected chi connectivity index (χ0v) is 11.7. The lowest BCUT2D eigenvalue weighted by Crippen LogP contribution is -2.35. The van der Waals surface area contributed by atoms with Crippen LogP contribution in [0.2, 0.25) is 0 Å². The lowest BCUT2D eigenvalue weighted by atomic mass is 9.82. The molecule has 0 amide bonds. The van der Waals surface area contributed by atoms with Crippen molar-refractivity contribution in [1.29, 1.82) is 0 Å². The van der Waals surface area contributed by atoms with Crippen LogP contribution < -0.4 is 0 Å². The van der Waals surface area contributed by atoms with Crippen molar-refractivity contribution in [3.8, 4) is 0 Å². The van der Waals surface area contributed by atoms with Crippen molar-refractivity contribution in [2.24, 2.45) is 5.92 Å². The van der Waals surface area contributed by atoms with Gasteiger partial charge in [0.25, 0.3) is 0 Å². The summed E-state index contributed by atoms with van der Waals surface area (Å²) in [7, 11) is 2.13. The smallest absolute Gasteiger partial charge is 0.127 e. The fraction of sp³-hybridized carbons (Fsp3) is 0.500. The normalized spacial score (nSPS) is 23.3. The van der Waals surface area contributed by atoms with Gasteiger partial charge in [-0.25, -0.2) is 0 Å². The maximum Gasteiger partial charge on any atom is 0.127 e. The van der Waals surface area contributed by atoms with E-state index < -0.39 is 0 Å². The topological polar surface area (TPSA) is 20.3 Å². The summed E-state index contributed by atoms with van der Waals surface area (Å²) in [6, 6.07) is 8.06. The third kappa shape index (κ3) is 2.96. The molecule has 92 valence electrons. The highest BCUT2D eigenvalue weighted by Crippen LogP contribution is 2.33. The van der Waals surface area contributed by atoms with Crippen molar-refractivity contribution in [2.75, 3.05) is 20.1 Å². The van der Waals surface area contributed by atoms with Gasteiger partial charge in [0.15, 0.2) is 0 Å². The first-order valence-corrected chi connectivity index (χ1v) is 6.90. The van der Waals surface area contributed by atoms with E-state index in [-0.39, 0.29) is 5.92 Å². The Morgan fingerprint density at radius 3 is 2.88 bits per heavy atom. The number of hydrogen-bond donors (Lipinski definition) is 0. The van der Waals surface area contributed by atoms with Crippen LogP contribution in [0.1, 0.15) is 24.3 Å². The van der Waals surface area contributed by atoms with Crippen LogP contribution in [0.15, 0.2) is 28.7 Å². The van der Waals surface area contributed by atoms with Gasteiger partial charge in [0.2, 0.25) is 0 Å². The van der Waals surface area contributed by atoms with Crippen molar-refractivity contribution in [3.05, 3.63) is 34.3 Å². The molecular formula is C14H18BrNO. The van der Waals surface area contributed by atoms with E-state index in [2.05, 4.69) is 33.9 Å². The molecule has 0 aliphatic carbocycles. The summed E-state index contributed by atoms with van der Waals surface area (Å²) < 4.78 is 1.05. The second-order valence-electron chi connectivity index (χ2n) is 4.85. The molecule has 0 spiro atoms. The molecule has 1 fully saturated rings. The molecule has 0 N–H and O–H groups in total. The second kappa shape index (κ2) is 5.78. The third-order valence-electron chi connectivity index (χ3n) is 3.58. The molecule has 1 saturated heterocycles. The molecule has 2 nitrogen and oxygen atoms in total. The number of hydrogen-bond acceptors (Lipinski definition) is 2. The Balaban J connectivity index is 2.21. The fourth-order valence-corrected chi connectivity index (χ4v) is 3.23. The molecule has 2 unspecified atom stereocenters. The lowest BCUT2D eigenvalue weighted by Gasteiger charge is -2.33. The average molecular weight is 296 g/mol. The van der Waals surface area contributed by atoms with Gasteiger partial charge in [0.1, 0.15) is 6.29 Å². The summed E-state index contributed by atoms with van der Waals surface area (Å²) in [6.45, 7) is 2.17. The van der Waals surface area contributed by atoms with Gasteiger partial charge in [-0.05, 0) is 44.0 Å². The number of carbonyl (C=O) groups excluding carboxylic acids is 1. The van der Waals surface area contributed by atoms with Gasteiger partial charge in [-0.1, -0.05) is 34.1 Å². The molecule has 2 rings (SSSR count). The van der Waals surface area contributed by atoms with E-state index in [1.165, 1.54) is 6.42 Å². The Kier molecular flexibility index (Phi) is 4.35. The van der Waals surface area contributed by atoms with E-state index in [0.29, 0.717) is 5.92 Å². The van der Waals surface area contributed by atoms with Gasteiger partial charge < -0.3 is 9.69 Å². The summed E-state index contributed by atoms with van der Waals surface area (Å²) in [4.78, 5) is 13.7. The predicted molar refractivity (Wildman–Crippen MR) is 73.2 cm³/mol. The number of benzene rings is 1. The number of likely N-dealkylation sites (tertiary alicyclic amines) is 1. The van der Waals surface area contributed by atoms with Crippen molar-refractivity contribution in [3.63, 3.8) is 0 Å². The van der Waals surface area contributed by atoms with E-state index >= 15 is 0 Å². The quantitative estimate of drug-likeness (QED) is 0.799. The van der Waals surface area contributed by atoms with E-state index in [4.69, 9.17) is 0 Å². The fourth-order valence-electron chi connectivity index (χ4n) is 2.68. The summed E-state index contributed by atoms with van der Waals surface area (Å²) in [6.07, 6.45) is 3.45. The Bertz CT molecular complexity index is 394. The molecule has 3 heteroatoms. The standard InChI is InChI=1S/C14H18BrNO/c1-16-8-4-5-11(9-16)13(10-17)12-6-2-3-7-14(12)15/h2-3,6-7,10-11,13H,4-5,8-9H2,1H3. The average Bonchev–Trinajstić information content (AvgIpc) is 2.33. The number of aldehydes is 1. The van der Waals surface area contributed by atoms with E-state index in [9.17, 15) is 4.79 Å². The van der Waals surface area contributed by atoms with Crippen LogP contribution in [-0.2, 0) is 4.79 Å². The van der Waals surface area contributed by atoms with Gasteiger partial charge in [0, 0.05) is 16.9 Å². The molecule has 0 aromatic heterocycles. The number of nitrogens with zero attached hydrogens (tertiary/aromatic N) is 1. The van der Waals surface area contributed by atoms with Crippen LogP contribution in [0.3, 0.4) is 0 Å². The Morgan fingerprint density at radius 1 is 1.47 bits per heavy atom. The van der Waals surface area contributed by atoms with Gasteiger partial charge >= 0.3 is 0 Å². The molecule has 2 atom stereocenters. The summed E-state index contributed by atoms with van der Waals surface area (Å²) in [5.74, 6) is 0.471. The van der Waals surface area contributed by atoms with Crippen LogP contribution >= 0.6 is 15.9 Å². The molecule has 1 aromatic rings. The van der Waals surface area contributed by atoms with Crippen LogP contribution in [0.5, 0.6) is 0 Å². The summed E-state index contributed by atoms with van der Waals surface area (Å²) >= 11 is 3.55. The molecule has 1 heterocycles. The first kappa shape index (κ1) is 12.8. The number of carbonyl (C=O) groups is 1. The van der Waals surface area contributed by atoms with Crippen molar-refractivity contribution >= 4 is 22.2 Å². The molecule has 0 saturated carbocycles.